The van der Waals surface area contributed by atoms with Crippen LogP contribution in [0.5, 0.6) is 0 Å². The Kier molecular flexibility index (Phi) is 4.61. The Balaban J connectivity index is 1.62. The fourth-order valence-electron chi connectivity index (χ4n) is 2.75. The molecule has 0 fully saturated rings. The van der Waals surface area contributed by atoms with E-state index in [2.05, 4.69) is 21.3 Å². The molecule has 3 heterocycles. The molecule has 1 aliphatic rings. The van der Waals surface area contributed by atoms with Crippen molar-refractivity contribution < 1.29 is 4.79 Å². The van der Waals surface area contributed by atoms with Crippen LogP contribution in [-0.4, -0.2) is 40.3 Å². The van der Waals surface area contributed by atoms with E-state index >= 15 is 0 Å². The number of nitrogens with zero attached hydrogens (tertiary/aromatic N) is 3. The van der Waals surface area contributed by atoms with Crippen LogP contribution in [-0.2, 0) is 24.3 Å². The number of hydrogen-bond acceptors (Lipinski definition) is 5. The summed E-state index contributed by atoms with van der Waals surface area (Å²) in [5, 5.41) is 3.20. The number of rotatable bonds is 4. The molecule has 4 nitrogen and oxygen atoms in total. The maximum atomic E-state index is 12.7. The second kappa shape index (κ2) is 6.48. The summed E-state index contributed by atoms with van der Waals surface area (Å²) < 4.78 is 0. The van der Waals surface area contributed by atoms with Crippen LogP contribution in [0.15, 0.2) is 17.6 Å². The molecule has 2 aromatic heterocycles. The monoisotopic (exact) mass is 335 g/mol. The summed E-state index contributed by atoms with van der Waals surface area (Å²) in [6.45, 7) is 6.38. The van der Waals surface area contributed by atoms with E-state index in [-0.39, 0.29) is 11.9 Å². The van der Waals surface area contributed by atoms with E-state index in [1.165, 1.54) is 15.3 Å². The summed E-state index contributed by atoms with van der Waals surface area (Å²) in [5.41, 5.74) is 1.32. The Morgan fingerprint density at radius 2 is 2.36 bits per heavy atom. The first-order valence-corrected chi connectivity index (χ1v) is 9.20. The Bertz CT molecular complexity index is 664. The van der Waals surface area contributed by atoms with Crippen molar-refractivity contribution >= 4 is 28.6 Å². The number of thiophene rings is 1. The zero-order valence-corrected chi connectivity index (χ0v) is 14.8. The highest BCUT2D eigenvalue weighted by atomic mass is 32.1. The van der Waals surface area contributed by atoms with E-state index in [9.17, 15) is 4.79 Å². The molecule has 0 aromatic carbocycles. The summed E-state index contributed by atoms with van der Waals surface area (Å²) in [5.74, 6) is 0.223. The molecule has 0 unspecified atom stereocenters. The lowest BCUT2D eigenvalue weighted by Gasteiger charge is -2.32. The van der Waals surface area contributed by atoms with E-state index in [0.717, 1.165) is 31.1 Å². The molecule has 22 heavy (non-hydrogen) atoms. The number of carbonyl (C=O) groups is 1. The lowest BCUT2D eigenvalue weighted by atomic mass is 10.1. The van der Waals surface area contributed by atoms with Crippen molar-refractivity contribution in [2.24, 2.45) is 0 Å². The summed E-state index contributed by atoms with van der Waals surface area (Å²) in [7, 11) is 2.01. The van der Waals surface area contributed by atoms with Crippen LogP contribution < -0.4 is 0 Å². The first-order chi connectivity index (χ1) is 10.5. The number of aromatic nitrogens is 1. The number of carbonyl (C=O) groups excluding carboxylic acids is 1. The molecule has 1 amide bonds. The Hall–Kier alpha value is -1.24. The zero-order valence-electron chi connectivity index (χ0n) is 13.2. The predicted octanol–water partition coefficient (Wildman–Crippen LogP) is 2.92. The predicted molar refractivity (Wildman–Crippen MR) is 91.2 cm³/mol. The quantitative estimate of drug-likeness (QED) is 0.862. The highest BCUT2D eigenvalue weighted by Gasteiger charge is 2.27. The lowest BCUT2D eigenvalue weighted by molar-refractivity contribution is -0.137. The zero-order chi connectivity index (χ0) is 15.7. The van der Waals surface area contributed by atoms with Crippen LogP contribution in [0, 0.1) is 6.92 Å². The third-order valence-corrected chi connectivity index (χ3v) is 6.13. The Morgan fingerprint density at radius 1 is 1.55 bits per heavy atom. The van der Waals surface area contributed by atoms with E-state index < -0.39 is 0 Å². The van der Waals surface area contributed by atoms with Crippen LogP contribution in [0.4, 0.5) is 0 Å². The van der Waals surface area contributed by atoms with Crippen molar-refractivity contribution in [3.8, 4) is 0 Å². The van der Waals surface area contributed by atoms with Crippen molar-refractivity contribution in [1.29, 1.82) is 0 Å². The number of aryl methyl sites for hydroxylation is 1. The van der Waals surface area contributed by atoms with Gasteiger partial charge in [-0.25, -0.2) is 4.98 Å². The van der Waals surface area contributed by atoms with Gasteiger partial charge in [-0.3, -0.25) is 9.69 Å². The number of likely N-dealkylation sites (N-methyl/N-ethyl adjacent to an activating group) is 1. The van der Waals surface area contributed by atoms with Crippen LogP contribution in [0.2, 0.25) is 0 Å². The molecule has 1 atom stereocenters. The maximum absolute atomic E-state index is 12.7. The van der Waals surface area contributed by atoms with Crippen LogP contribution in [0.3, 0.4) is 0 Å². The van der Waals surface area contributed by atoms with Gasteiger partial charge in [-0.2, -0.15) is 0 Å². The van der Waals surface area contributed by atoms with Gasteiger partial charge >= 0.3 is 0 Å². The molecule has 0 N–H and O–H groups in total. The van der Waals surface area contributed by atoms with Gasteiger partial charge in [0.15, 0.2) is 0 Å². The molecule has 118 valence electrons. The van der Waals surface area contributed by atoms with Gasteiger partial charge in [0.2, 0.25) is 5.91 Å². The number of amides is 1. The molecule has 0 saturated carbocycles. The average molecular weight is 335 g/mol. The molecule has 0 bridgehead atoms. The van der Waals surface area contributed by atoms with Gasteiger partial charge in [0.05, 0.1) is 11.0 Å². The molecule has 6 heteroatoms. The second-order valence-corrected chi connectivity index (χ2v) is 8.14. The van der Waals surface area contributed by atoms with Crippen LogP contribution in [0.1, 0.15) is 27.2 Å². The first-order valence-electron chi connectivity index (χ1n) is 7.50. The molecule has 3 rings (SSSR count). The highest BCUT2D eigenvalue weighted by molar-refractivity contribution is 7.11. The molecular formula is C16H21N3OS2. The lowest BCUT2D eigenvalue weighted by Crippen LogP contribution is -2.46. The molecule has 0 spiro atoms. The van der Waals surface area contributed by atoms with Gasteiger partial charge in [0, 0.05) is 35.6 Å². The van der Waals surface area contributed by atoms with E-state index in [4.69, 9.17) is 0 Å². The molecular weight excluding hydrogens is 314 g/mol. The Morgan fingerprint density at radius 3 is 3.09 bits per heavy atom. The fourth-order valence-corrected chi connectivity index (χ4v) is 4.50. The largest absolute Gasteiger partial charge is 0.337 e. The standard InChI is InChI=1S/C16H21N3OS2/c1-11(18(3)10-14-8-17-12(2)22-14)16(20)19-6-4-15-13(9-19)5-7-21-15/h5,7-8,11H,4,6,9-10H2,1-3H3/t11-/m1/s1. The highest BCUT2D eigenvalue weighted by Crippen LogP contribution is 2.25. The minimum absolute atomic E-state index is 0.109. The summed E-state index contributed by atoms with van der Waals surface area (Å²) in [6.07, 6.45) is 2.90. The minimum atomic E-state index is -0.109. The van der Waals surface area contributed by atoms with Gasteiger partial charge in [-0.1, -0.05) is 0 Å². The van der Waals surface area contributed by atoms with Crippen LogP contribution >= 0.6 is 22.7 Å². The van der Waals surface area contributed by atoms with Gasteiger partial charge in [0.1, 0.15) is 0 Å². The van der Waals surface area contributed by atoms with Crippen molar-refractivity contribution in [3.63, 3.8) is 0 Å². The topological polar surface area (TPSA) is 36.4 Å². The first kappa shape index (κ1) is 15.6. The number of thiazole rings is 1. The maximum Gasteiger partial charge on any atom is 0.239 e. The number of hydrogen-bond donors (Lipinski definition) is 0. The molecule has 0 saturated heterocycles. The number of fused-ring (bicyclic) bond motifs is 1. The van der Waals surface area contributed by atoms with Gasteiger partial charge in [0.25, 0.3) is 0 Å². The van der Waals surface area contributed by atoms with Gasteiger partial charge in [-0.15, -0.1) is 22.7 Å². The van der Waals surface area contributed by atoms with Crippen molar-refractivity contribution in [1.82, 2.24) is 14.8 Å². The van der Waals surface area contributed by atoms with Crippen molar-refractivity contribution in [2.45, 2.75) is 39.4 Å². The average Bonchev–Trinajstić information content (AvgIpc) is 3.13. The second-order valence-electron chi connectivity index (χ2n) is 5.82. The van der Waals surface area contributed by atoms with Crippen molar-refractivity contribution in [2.75, 3.05) is 13.6 Å². The fraction of sp³-hybridized carbons (Fsp3) is 0.500. The minimum Gasteiger partial charge on any atom is -0.337 e. The van der Waals surface area contributed by atoms with E-state index in [0.29, 0.717) is 0 Å². The summed E-state index contributed by atoms with van der Waals surface area (Å²) >= 11 is 3.50. The van der Waals surface area contributed by atoms with Crippen molar-refractivity contribution in [3.05, 3.63) is 38.0 Å². The SMILES string of the molecule is Cc1ncc(CN(C)[C@H](C)C(=O)N2CCc3sccc3C2)s1. The van der Waals surface area contributed by atoms with Gasteiger partial charge < -0.3 is 4.90 Å². The summed E-state index contributed by atoms with van der Waals surface area (Å²) in [4.78, 5) is 23.8. The third-order valence-electron chi connectivity index (χ3n) is 4.21. The van der Waals surface area contributed by atoms with Gasteiger partial charge in [-0.05, 0) is 44.3 Å². The van der Waals surface area contributed by atoms with E-state index in [1.54, 1.807) is 22.7 Å². The summed E-state index contributed by atoms with van der Waals surface area (Å²) in [6, 6.07) is 2.04. The molecule has 2 aromatic rings. The smallest absolute Gasteiger partial charge is 0.239 e. The molecule has 1 aliphatic heterocycles. The van der Waals surface area contributed by atoms with E-state index in [1.807, 2.05) is 32.0 Å². The Labute approximate surface area is 139 Å². The molecule has 0 radical (unpaired) electrons. The normalized spacial score (nSPS) is 15.9. The molecule has 0 aliphatic carbocycles. The van der Waals surface area contributed by atoms with Crippen LogP contribution in [0.25, 0.3) is 0 Å². The third kappa shape index (κ3) is 3.24.